The van der Waals surface area contributed by atoms with Crippen LogP contribution in [0.2, 0.25) is 39.3 Å². The van der Waals surface area contributed by atoms with Crippen molar-refractivity contribution in [1.82, 2.24) is 73.8 Å². The van der Waals surface area contributed by atoms with Gasteiger partial charge in [0, 0.05) is 81.4 Å². The molecule has 5 aliphatic rings. The smallest absolute Gasteiger partial charge is 0.410 e. The lowest BCUT2D eigenvalue weighted by atomic mass is 10.1. The summed E-state index contributed by atoms with van der Waals surface area (Å²) in [5.41, 5.74) is 21.4. The summed E-state index contributed by atoms with van der Waals surface area (Å²) in [6, 6.07) is 6.28. The number of hydrogen-bond acceptors (Lipinski definition) is 26. The van der Waals surface area contributed by atoms with Crippen LogP contribution in [0, 0.1) is 94.5 Å². The third-order valence-corrected chi connectivity index (χ3v) is 24.1. The minimum atomic E-state index is -1.60. The molecule has 5 aliphatic heterocycles. The van der Waals surface area contributed by atoms with E-state index in [-0.39, 0.29) is 126 Å². The zero-order chi connectivity index (χ0) is 105. The molecule has 0 aromatic carbocycles. The Bertz CT molecular complexity index is 5450. The summed E-state index contributed by atoms with van der Waals surface area (Å²) < 4.78 is 58.1. The number of carbonyl (C=O) groups excluding carboxylic acids is 7. The predicted molar refractivity (Wildman–Crippen MR) is 555 cm³/mol. The van der Waals surface area contributed by atoms with Crippen LogP contribution in [0.3, 0.4) is 0 Å². The van der Waals surface area contributed by atoms with Crippen molar-refractivity contribution >= 4 is 116 Å². The molecule has 141 heavy (non-hydrogen) atoms. The summed E-state index contributed by atoms with van der Waals surface area (Å²) in [5.74, 6) is 9.88. The number of likely N-dealkylation sites (tertiary alicyclic amines) is 4. The Kier molecular flexibility index (Phi) is 50.8. The first-order valence-electron chi connectivity index (χ1n) is 46.0. The van der Waals surface area contributed by atoms with Gasteiger partial charge in [-0.25, -0.2) is 23.9 Å². The maximum absolute atomic E-state index is 12.8. The number of nitrogens with zero attached hydrogens (tertiary/aromatic N) is 17. The Morgan fingerprint density at radius 1 is 0.475 bits per heavy atom. The molecule has 43 heteroatoms. The Labute approximate surface area is 861 Å². The van der Waals surface area contributed by atoms with Crippen LogP contribution in [0.4, 0.5) is 25.0 Å². The van der Waals surface area contributed by atoms with Crippen LogP contribution in [0.5, 0.6) is 0 Å². The predicted octanol–water partition coefficient (Wildman–Crippen LogP) is 14.1. The molecule has 10 heterocycles. The molecule has 5 aromatic heterocycles. The number of halogens is 4. The lowest BCUT2D eigenvalue weighted by molar-refractivity contribution is -0.107. The molecule has 10 atom stereocenters. The van der Waals surface area contributed by atoms with E-state index in [1.54, 1.807) is 76.2 Å². The second kappa shape index (κ2) is 56.8. The molecule has 776 valence electrons. The van der Waals surface area contributed by atoms with Gasteiger partial charge in [0.2, 0.25) is 5.24 Å². The molecule has 0 bridgehead atoms. The van der Waals surface area contributed by atoms with Crippen molar-refractivity contribution in [3.05, 3.63) is 90.6 Å². The van der Waals surface area contributed by atoms with Gasteiger partial charge in [0.05, 0.1) is 116 Å². The molecule has 10 rings (SSSR count). The van der Waals surface area contributed by atoms with Crippen molar-refractivity contribution in [3.63, 3.8) is 0 Å². The monoisotopic (exact) mass is 2110 g/mol. The molecule has 0 saturated carbocycles. The van der Waals surface area contributed by atoms with Crippen LogP contribution in [-0.2, 0) is 73.1 Å². The van der Waals surface area contributed by atoms with Gasteiger partial charge in [-0.3, -0.25) is 33.1 Å². The van der Waals surface area contributed by atoms with Gasteiger partial charge in [-0.1, -0.05) is 79.5 Å². The van der Waals surface area contributed by atoms with Gasteiger partial charge >= 0.3 is 24.4 Å². The van der Waals surface area contributed by atoms with Crippen molar-refractivity contribution in [3.8, 4) is 78.7 Å². The van der Waals surface area contributed by atoms with Crippen LogP contribution in [0.15, 0.2) is 17.3 Å². The molecule has 6 N–H and O–H groups in total. The Hall–Kier alpha value is -10.9. The first kappa shape index (κ1) is 126. The van der Waals surface area contributed by atoms with Crippen molar-refractivity contribution in [1.29, 1.82) is 15.8 Å². The van der Waals surface area contributed by atoms with E-state index < -0.39 is 61.7 Å². The molecule has 37 nitrogen and oxygen atoms in total. The molecule has 5 saturated heterocycles. The fourth-order valence-corrected chi connectivity index (χ4v) is 17.0. The number of ether oxygens (including phenoxy) is 9. The lowest BCUT2D eigenvalue weighted by Gasteiger charge is -2.28. The topological polar surface area (TPSA) is 452 Å². The van der Waals surface area contributed by atoms with Crippen molar-refractivity contribution < 1.29 is 76.2 Å². The first-order chi connectivity index (χ1) is 64.9. The average molecular weight is 2120 g/mol. The van der Waals surface area contributed by atoms with Gasteiger partial charge in [0.1, 0.15) is 101 Å². The van der Waals surface area contributed by atoms with Crippen molar-refractivity contribution in [2.75, 3.05) is 114 Å². The number of rotatable bonds is 23. The van der Waals surface area contributed by atoms with Crippen LogP contribution in [0.1, 0.15) is 256 Å². The van der Waals surface area contributed by atoms with Gasteiger partial charge in [0.15, 0.2) is 11.4 Å². The summed E-state index contributed by atoms with van der Waals surface area (Å²) in [7, 11) is 7.13. The highest BCUT2D eigenvalue weighted by atomic mass is 79.9. The lowest BCUT2D eigenvalue weighted by Crippen LogP contribution is -2.41. The number of terminal acetylenes is 4. The number of methoxy groups -OCH3 is 5. The number of anilines is 1. The normalized spacial score (nSPS) is 18.9. The second-order valence-corrected chi connectivity index (χ2v) is 50.1. The fourth-order valence-electron chi connectivity index (χ4n) is 16.0. The number of amides is 6. The van der Waals surface area contributed by atoms with Gasteiger partial charge in [-0.15, -0.1) is 61.6 Å². The number of nitrogens with one attached hydrogen (secondary N) is 2. The van der Waals surface area contributed by atoms with Crippen molar-refractivity contribution in [2.24, 2.45) is 11.5 Å². The summed E-state index contributed by atoms with van der Waals surface area (Å²) in [4.78, 5) is 90.2. The minimum absolute atomic E-state index is 0. The van der Waals surface area contributed by atoms with Gasteiger partial charge in [0.25, 0.3) is 11.8 Å². The zero-order valence-corrected chi connectivity index (χ0v) is 93.1. The highest BCUT2D eigenvalue weighted by Crippen LogP contribution is 2.38. The molecule has 0 radical (unpaired) electrons. The Balaban J connectivity index is 0.000000579. The number of nitrogens with two attached hydrogens (primary N) is 2. The van der Waals surface area contributed by atoms with Gasteiger partial charge in [-0.2, -0.15) is 41.3 Å². The molecule has 0 unspecified atom stereocenters. The molecule has 5 aromatic rings. The molecular weight excluding hydrogens is 1970 g/mol. The number of allylic oxidation sites excluding steroid dienone is 1. The minimum Gasteiger partial charge on any atom is -0.444 e. The number of hydrogen-bond donors (Lipinski definition) is 4. The van der Waals surface area contributed by atoms with E-state index in [9.17, 15) is 49.3 Å². The Morgan fingerprint density at radius 2 is 0.766 bits per heavy atom. The van der Waals surface area contributed by atoms with Crippen LogP contribution >= 0.6 is 52.3 Å². The molecular formula is C98H147BrCl3N21O16Si2. The largest absolute Gasteiger partial charge is 0.444 e. The maximum Gasteiger partial charge on any atom is 0.410 e. The highest BCUT2D eigenvalue weighted by Gasteiger charge is 2.46. The highest BCUT2D eigenvalue weighted by molar-refractivity contribution is 9.10. The number of nitriles is 3. The summed E-state index contributed by atoms with van der Waals surface area (Å²) in [6.07, 6.45) is 27.2. The maximum atomic E-state index is 12.8. The second-order valence-electron chi connectivity index (χ2n) is 39.5. The van der Waals surface area contributed by atoms with Gasteiger partial charge < -0.3 is 84.3 Å². The van der Waals surface area contributed by atoms with E-state index in [4.69, 9.17) is 96.5 Å². The number of primary amides is 2. The van der Waals surface area contributed by atoms with E-state index >= 15 is 0 Å². The quantitative estimate of drug-likeness (QED) is 0.0155. The summed E-state index contributed by atoms with van der Waals surface area (Å²) in [6.45, 7) is 50.8. The first-order valence-corrected chi connectivity index (χ1v) is 54.2. The van der Waals surface area contributed by atoms with E-state index in [1.807, 2.05) is 120 Å². The van der Waals surface area contributed by atoms with Crippen LogP contribution < -0.4 is 22.1 Å². The van der Waals surface area contributed by atoms with E-state index in [0.29, 0.717) is 155 Å². The summed E-state index contributed by atoms with van der Waals surface area (Å²) in [5, 5.41) is 56.8. The third-order valence-electron chi connectivity index (χ3n) is 21.7. The number of aromatic nitrogens is 10. The van der Waals surface area contributed by atoms with E-state index in [0.717, 1.165) is 36.1 Å². The SMILES string of the molecule is C#C[Si](C)(C)C.C#Cc1nn([C@@H]2CN[C@@H](COC)C2)c(NC)c1C(N)=O.C#Cc1nn([C@H]2C[C@H](COC)N(C(=O)OC(C)(C)C)C2)c(CC)c1C#N.C#Cc1nn([C@H]2C[C@H](COC)N(C(=O)OC(C)(C)C)C2)c(CC)c1C(N)=O.C=CC(=O)Cl.CCc1c(C#N)c(Br)nn1[C@H]1C[C@H](COC)N(C(=O)OC(C)(C)C)C1.CCc1c(C#N)c(C#C[Si](C)(C)C)nn1[C@H]1C[C@H](COC)N(C(=O)OC(C)(C)C)C1.Cl.Cl. The summed E-state index contributed by atoms with van der Waals surface area (Å²) >= 11 is 8.07. The third kappa shape index (κ3) is 36.8. The average Bonchev–Trinajstić information content (AvgIpc) is 1.66. The van der Waals surface area contributed by atoms with Gasteiger partial charge in [-0.05, 0) is 192 Å². The van der Waals surface area contributed by atoms with E-state index in [1.165, 1.54) is 0 Å². The standard InChI is InChI=1S/C22H34N4O3Si.C19H28N4O4.C19H26N4O3.C17H25BrN4O3.C13H19N5O2.C5H10Si.C3H3ClO.2ClH/c1-9-20-18(13-23)19(10-11-30(6,7)8)24-26(20)16-12-17(15-28-5)25(14-16)21(27)29-22(2,3)4;1-7-14-16(17(20)24)15(8-2)23(21-14)12-9-13(11-26-6)22(10-12)18(25)27-19(3,4)5;1-7-16-15(10-20)17(8-2)23(21-16)13-9-14(12-25-6)22(11-13)18(24)26-19(3,4)5;1-6-14-13(8-19)15(18)20-22(14)11-7-12(10-24-5)21(9-11)16(23)25-17(2,3)4;1-4-10-11(12(14)19)13(15-2)18(17-10)9-5-8(7-20-3)16-6-9;1-5-6(2,3)4;1-2-3(4)5;;/h16-17H,9,12,14-15H2,1-8H3;1,12-13H,8-11H2,2-6H3,(H2,20,24);1,13-14H,8-9,11-12H2,2-6H3;11-12H,6-7,9-10H2,1-5H3;1,8-9,15-16H,5-7H2,2-3H3,(H2,14,19);1H,2-4H3;2H,1H2;2*1H/t16-,17+;12-,13+;13-,14+;11-,12+;8-,9+;;;;/m00001..../s1. The molecule has 0 aliphatic carbocycles. The molecule has 0 spiro atoms. The molecule has 6 amide bonds. The van der Waals surface area contributed by atoms with Crippen LogP contribution in [0.25, 0.3) is 0 Å². The van der Waals surface area contributed by atoms with E-state index in [2.05, 4.69) is 146 Å². The van der Waals surface area contributed by atoms with Crippen LogP contribution in [-0.4, -0.2) is 287 Å². The number of carbonyl (C=O) groups is 7. The zero-order valence-electron chi connectivity index (χ0n) is 87.2. The fraction of sp³-hybridized carbons (Fsp3) is 0.622. The molecule has 5 fully saturated rings. The Morgan fingerprint density at radius 3 is 1.04 bits per heavy atom. The van der Waals surface area contributed by atoms with Crippen molar-refractivity contribution in [2.45, 2.75) is 291 Å².